The number of hydrogen-bond donors (Lipinski definition) is 0. The minimum atomic E-state index is 0.245. The highest BCUT2D eigenvalue weighted by Crippen LogP contribution is 2.36. The molecule has 0 radical (unpaired) electrons. The molecule has 0 amide bonds. The first-order chi connectivity index (χ1) is 13.4. The fourth-order valence-electron chi connectivity index (χ4n) is 4.42. The summed E-state index contributed by atoms with van der Waals surface area (Å²) in [5.74, 6) is 3.42. The lowest BCUT2D eigenvalue weighted by molar-refractivity contribution is 0.139. The normalized spacial score (nSPS) is 21.8. The number of aromatic nitrogens is 4. The van der Waals surface area contributed by atoms with E-state index in [9.17, 15) is 0 Å². The predicted molar refractivity (Wildman–Crippen MR) is 103 cm³/mol. The van der Waals surface area contributed by atoms with E-state index in [4.69, 9.17) is 4.74 Å². The van der Waals surface area contributed by atoms with E-state index in [0.717, 1.165) is 62.5 Å². The molecule has 3 heterocycles. The Morgan fingerprint density at radius 1 is 0.889 bits per heavy atom. The summed E-state index contributed by atoms with van der Waals surface area (Å²) in [5.41, 5.74) is 2.68. The van der Waals surface area contributed by atoms with Gasteiger partial charge in [0.1, 0.15) is 17.8 Å². The van der Waals surface area contributed by atoms with Gasteiger partial charge in [-0.3, -0.25) is 4.57 Å². The van der Waals surface area contributed by atoms with Gasteiger partial charge in [0.05, 0.1) is 5.69 Å². The van der Waals surface area contributed by atoms with Crippen LogP contribution in [0.1, 0.15) is 55.2 Å². The van der Waals surface area contributed by atoms with Crippen LogP contribution < -0.4 is 4.74 Å². The molecule has 1 aliphatic heterocycles. The van der Waals surface area contributed by atoms with Gasteiger partial charge in [0.25, 0.3) is 0 Å². The van der Waals surface area contributed by atoms with Crippen molar-refractivity contribution in [3.63, 3.8) is 0 Å². The molecule has 0 bridgehead atoms. The number of rotatable bonds is 3. The van der Waals surface area contributed by atoms with E-state index in [1.54, 1.807) is 6.20 Å². The topological polar surface area (TPSA) is 52.8 Å². The summed E-state index contributed by atoms with van der Waals surface area (Å²) in [4.78, 5) is 4.29. The largest absolute Gasteiger partial charge is 0.474 e. The molecule has 1 saturated carbocycles. The molecule has 138 valence electrons. The standard InChI is InChI=1S/C22H24N4O/c1-2-8-19-16(6-1)7-5-9-20-24-25-22(26(19)20)17-11-13-18(14-12-17)27-21-10-3-4-15-23-21/h1-4,6,8,10,15,17-18H,5,7,9,11-14H2. The Morgan fingerprint density at radius 2 is 1.74 bits per heavy atom. The summed E-state index contributed by atoms with van der Waals surface area (Å²) >= 11 is 0. The van der Waals surface area contributed by atoms with E-state index >= 15 is 0 Å². The molecular formula is C22H24N4O. The number of benzene rings is 1. The van der Waals surface area contributed by atoms with Crippen LogP contribution in [-0.4, -0.2) is 25.9 Å². The van der Waals surface area contributed by atoms with E-state index in [-0.39, 0.29) is 6.10 Å². The van der Waals surface area contributed by atoms with E-state index in [1.807, 2.05) is 18.2 Å². The zero-order valence-corrected chi connectivity index (χ0v) is 15.4. The molecule has 0 N–H and O–H groups in total. The van der Waals surface area contributed by atoms with Crippen LogP contribution in [0, 0.1) is 0 Å². The van der Waals surface area contributed by atoms with Gasteiger partial charge in [0.2, 0.25) is 5.88 Å². The van der Waals surface area contributed by atoms with Crippen molar-refractivity contribution >= 4 is 0 Å². The van der Waals surface area contributed by atoms with E-state index in [0.29, 0.717) is 5.92 Å². The molecule has 0 unspecified atom stereocenters. The number of ether oxygens (including phenoxy) is 1. The lowest BCUT2D eigenvalue weighted by Gasteiger charge is -2.28. The number of hydrogen-bond acceptors (Lipinski definition) is 4. The minimum absolute atomic E-state index is 0.245. The molecular weight excluding hydrogens is 336 g/mol. The van der Waals surface area contributed by atoms with Gasteiger partial charge < -0.3 is 4.74 Å². The molecule has 2 aromatic heterocycles. The molecule has 0 spiro atoms. The van der Waals surface area contributed by atoms with Gasteiger partial charge >= 0.3 is 0 Å². The quantitative estimate of drug-likeness (QED) is 0.700. The first kappa shape index (κ1) is 16.5. The van der Waals surface area contributed by atoms with Gasteiger partial charge in [0, 0.05) is 24.6 Å². The average molecular weight is 360 g/mol. The smallest absolute Gasteiger partial charge is 0.213 e. The Labute approximate surface area is 159 Å². The van der Waals surface area contributed by atoms with Crippen LogP contribution in [0.4, 0.5) is 0 Å². The van der Waals surface area contributed by atoms with Crippen LogP contribution in [0.2, 0.25) is 0 Å². The van der Waals surface area contributed by atoms with Crippen LogP contribution in [-0.2, 0) is 12.8 Å². The Bertz CT molecular complexity index is 913. The van der Waals surface area contributed by atoms with Crippen LogP contribution in [0.25, 0.3) is 5.69 Å². The molecule has 2 aliphatic rings. The minimum Gasteiger partial charge on any atom is -0.474 e. The number of nitrogens with zero attached hydrogens (tertiary/aromatic N) is 4. The number of aryl methyl sites for hydroxylation is 2. The Hall–Kier alpha value is -2.69. The third-order valence-corrected chi connectivity index (χ3v) is 5.80. The molecule has 27 heavy (non-hydrogen) atoms. The van der Waals surface area contributed by atoms with Crippen molar-refractivity contribution in [1.29, 1.82) is 0 Å². The van der Waals surface area contributed by atoms with Crippen LogP contribution in [0.5, 0.6) is 5.88 Å². The second kappa shape index (κ2) is 7.14. The third kappa shape index (κ3) is 3.22. The van der Waals surface area contributed by atoms with Crippen molar-refractivity contribution in [2.45, 2.75) is 57.0 Å². The lowest BCUT2D eigenvalue weighted by Crippen LogP contribution is -2.25. The molecule has 3 aromatic rings. The van der Waals surface area contributed by atoms with Crippen molar-refractivity contribution in [2.24, 2.45) is 0 Å². The van der Waals surface area contributed by atoms with Gasteiger partial charge in [-0.2, -0.15) is 0 Å². The second-order valence-electron chi connectivity index (χ2n) is 7.55. The van der Waals surface area contributed by atoms with E-state index in [1.165, 1.54) is 11.3 Å². The van der Waals surface area contributed by atoms with Gasteiger partial charge in [0.15, 0.2) is 0 Å². The molecule has 1 aromatic carbocycles. The first-order valence-electron chi connectivity index (χ1n) is 9.98. The summed E-state index contributed by atoms with van der Waals surface area (Å²) in [6, 6.07) is 14.5. The van der Waals surface area contributed by atoms with Gasteiger partial charge in [-0.05, 0) is 56.2 Å². The van der Waals surface area contributed by atoms with Crippen molar-refractivity contribution in [3.8, 4) is 11.6 Å². The van der Waals surface area contributed by atoms with Crippen LogP contribution >= 0.6 is 0 Å². The molecule has 0 atom stereocenters. The predicted octanol–water partition coefficient (Wildman–Crippen LogP) is 4.26. The van der Waals surface area contributed by atoms with Gasteiger partial charge in [-0.15, -0.1) is 10.2 Å². The molecule has 5 nitrogen and oxygen atoms in total. The first-order valence-corrected chi connectivity index (χ1v) is 9.98. The maximum absolute atomic E-state index is 6.06. The van der Waals surface area contributed by atoms with Crippen molar-refractivity contribution in [3.05, 3.63) is 65.9 Å². The van der Waals surface area contributed by atoms with Crippen molar-refractivity contribution < 1.29 is 4.74 Å². The van der Waals surface area contributed by atoms with Crippen LogP contribution in [0.3, 0.4) is 0 Å². The molecule has 1 fully saturated rings. The van der Waals surface area contributed by atoms with E-state index in [2.05, 4.69) is 44.0 Å². The third-order valence-electron chi connectivity index (χ3n) is 5.80. The Balaban J connectivity index is 1.36. The highest BCUT2D eigenvalue weighted by molar-refractivity contribution is 5.44. The zero-order chi connectivity index (χ0) is 18.1. The molecule has 1 aliphatic carbocycles. The van der Waals surface area contributed by atoms with Crippen molar-refractivity contribution in [1.82, 2.24) is 19.7 Å². The Morgan fingerprint density at radius 3 is 2.59 bits per heavy atom. The van der Waals surface area contributed by atoms with Crippen LogP contribution in [0.15, 0.2) is 48.7 Å². The summed E-state index contributed by atoms with van der Waals surface area (Å²) in [5, 5.41) is 9.18. The second-order valence-corrected chi connectivity index (χ2v) is 7.55. The Kier molecular flexibility index (Phi) is 4.36. The fraction of sp³-hybridized carbons (Fsp3) is 0.409. The summed E-state index contributed by atoms with van der Waals surface area (Å²) in [6.07, 6.45) is 9.51. The number of para-hydroxylation sites is 1. The maximum atomic E-state index is 6.06. The van der Waals surface area contributed by atoms with E-state index < -0.39 is 0 Å². The summed E-state index contributed by atoms with van der Waals surface area (Å²) in [6.45, 7) is 0. The highest BCUT2D eigenvalue weighted by Gasteiger charge is 2.29. The zero-order valence-electron chi connectivity index (χ0n) is 15.4. The SMILES string of the molecule is c1ccc(OC2CCC(c3nnc4n3-c3ccccc3CCC4)CC2)nc1. The monoisotopic (exact) mass is 360 g/mol. The molecule has 5 rings (SSSR count). The maximum Gasteiger partial charge on any atom is 0.213 e. The number of pyridine rings is 1. The summed E-state index contributed by atoms with van der Waals surface area (Å²) in [7, 11) is 0. The number of fused-ring (bicyclic) bond motifs is 3. The summed E-state index contributed by atoms with van der Waals surface area (Å²) < 4.78 is 8.40. The lowest BCUT2D eigenvalue weighted by atomic mass is 9.86. The highest BCUT2D eigenvalue weighted by atomic mass is 16.5. The molecule has 5 heteroatoms. The van der Waals surface area contributed by atoms with Gasteiger partial charge in [-0.1, -0.05) is 24.3 Å². The fourth-order valence-corrected chi connectivity index (χ4v) is 4.42. The average Bonchev–Trinajstić information content (AvgIpc) is 3.05. The van der Waals surface area contributed by atoms with Crippen molar-refractivity contribution in [2.75, 3.05) is 0 Å². The molecule has 0 saturated heterocycles. The van der Waals surface area contributed by atoms with Gasteiger partial charge in [-0.25, -0.2) is 4.98 Å².